The van der Waals surface area contributed by atoms with Gasteiger partial charge in [0.15, 0.2) is 0 Å². The molecule has 20 heavy (non-hydrogen) atoms. The average Bonchev–Trinajstić information content (AvgIpc) is 2.99. The van der Waals surface area contributed by atoms with Gasteiger partial charge in [0.25, 0.3) is 0 Å². The maximum atomic E-state index is 12.0. The molecule has 0 spiro atoms. The van der Waals surface area contributed by atoms with E-state index in [4.69, 9.17) is 5.26 Å². The van der Waals surface area contributed by atoms with Crippen LogP contribution in [-0.4, -0.2) is 24.4 Å². The highest BCUT2D eigenvalue weighted by molar-refractivity contribution is 7.14. The van der Waals surface area contributed by atoms with Gasteiger partial charge in [0.2, 0.25) is 5.91 Å². The van der Waals surface area contributed by atoms with E-state index in [0.717, 1.165) is 6.54 Å². The maximum absolute atomic E-state index is 12.0. The van der Waals surface area contributed by atoms with Gasteiger partial charge in [-0.15, -0.1) is 22.7 Å². The number of nitrogens with zero attached hydrogens (tertiary/aromatic N) is 2. The lowest BCUT2D eigenvalue weighted by Crippen LogP contribution is -2.29. The van der Waals surface area contributed by atoms with E-state index in [1.54, 1.807) is 22.8 Å². The molecule has 0 atom stereocenters. The summed E-state index contributed by atoms with van der Waals surface area (Å²) in [6.07, 6.45) is 0. The van der Waals surface area contributed by atoms with Gasteiger partial charge < -0.3 is 5.32 Å². The molecule has 0 fully saturated rings. The van der Waals surface area contributed by atoms with Gasteiger partial charge in [0, 0.05) is 11.4 Å². The summed E-state index contributed by atoms with van der Waals surface area (Å²) in [6, 6.07) is 5.85. The molecule has 0 bridgehead atoms. The van der Waals surface area contributed by atoms with Crippen LogP contribution in [0.1, 0.15) is 16.0 Å². The lowest BCUT2D eigenvalue weighted by molar-refractivity contribution is -0.117. The van der Waals surface area contributed by atoms with E-state index in [0.29, 0.717) is 17.1 Å². The van der Waals surface area contributed by atoms with E-state index in [1.807, 2.05) is 11.9 Å². The molecule has 1 amide bonds. The molecule has 4 nitrogen and oxygen atoms in total. The first-order chi connectivity index (χ1) is 9.60. The highest BCUT2D eigenvalue weighted by Gasteiger charge is 2.12. The number of likely N-dealkylation sites (N-methyl/N-ethyl adjacent to an activating group) is 1. The molecule has 6 heteroatoms. The van der Waals surface area contributed by atoms with Crippen LogP contribution < -0.4 is 5.32 Å². The quantitative estimate of drug-likeness (QED) is 0.923. The molecule has 2 heterocycles. The SMILES string of the molecule is Cc1ccsc1CN(C)CC(=O)Nc1sccc1C#N. The Labute approximate surface area is 126 Å². The van der Waals surface area contributed by atoms with Gasteiger partial charge in [-0.3, -0.25) is 9.69 Å². The van der Waals surface area contributed by atoms with Gasteiger partial charge >= 0.3 is 0 Å². The zero-order valence-electron chi connectivity index (χ0n) is 11.3. The van der Waals surface area contributed by atoms with Crippen molar-refractivity contribution in [1.82, 2.24) is 4.90 Å². The Hall–Kier alpha value is -1.68. The first-order valence-electron chi connectivity index (χ1n) is 6.09. The zero-order chi connectivity index (χ0) is 14.5. The number of carbonyl (C=O) groups is 1. The lowest BCUT2D eigenvalue weighted by atomic mass is 10.3. The Morgan fingerprint density at radius 3 is 2.80 bits per heavy atom. The molecular weight excluding hydrogens is 290 g/mol. The minimum absolute atomic E-state index is 0.0966. The standard InChI is InChI=1S/C14H15N3OS2/c1-10-3-5-19-12(10)8-17(2)9-13(18)16-14-11(7-15)4-6-20-14/h3-6H,8-9H2,1-2H3,(H,16,18). The van der Waals surface area contributed by atoms with Gasteiger partial charge in [-0.05, 0) is 42.4 Å². The largest absolute Gasteiger partial charge is 0.315 e. The van der Waals surface area contributed by atoms with Crippen molar-refractivity contribution in [2.75, 3.05) is 18.9 Å². The van der Waals surface area contributed by atoms with E-state index < -0.39 is 0 Å². The minimum atomic E-state index is -0.0966. The molecule has 0 aliphatic heterocycles. The number of nitriles is 1. The van der Waals surface area contributed by atoms with Crippen molar-refractivity contribution in [2.45, 2.75) is 13.5 Å². The van der Waals surface area contributed by atoms with Gasteiger partial charge in [-0.25, -0.2) is 0 Å². The highest BCUT2D eigenvalue weighted by atomic mass is 32.1. The number of aryl methyl sites for hydroxylation is 1. The fourth-order valence-electron chi connectivity index (χ4n) is 1.77. The van der Waals surface area contributed by atoms with Crippen molar-refractivity contribution >= 4 is 33.6 Å². The van der Waals surface area contributed by atoms with Crippen molar-refractivity contribution in [2.24, 2.45) is 0 Å². The summed E-state index contributed by atoms with van der Waals surface area (Å²) >= 11 is 3.07. The molecule has 0 radical (unpaired) electrons. The minimum Gasteiger partial charge on any atom is -0.315 e. The Balaban J connectivity index is 1.89. The Bertz CT molecular complexity index is 639. The molecule has 0 saturated heterocycles. The van der Waals surface area contributed by atoms with Crippen LogP contribution in [-0.2, 0) is 11.3 Å². The van der Waals surface area contributed by atoms with Crippen LogP contribution in [0.4, 0.5) is 5.00 Å². The summed E-state index contributed by atoms with van der Waals surface area (Å²) in [5.41, 5.74) is 1.77. The molecule has 0 aromatic carbocycles. The van der Waals surface area contributed by atoms with E-state index >= 15 is 0 Å². The van der Waals surface area contributed by atoms with Crippen LogP contribution in [0, 0.1) is 18.3 Å². The molecule has 0 unspecified atom stereocenters. The monoisotopic (exact) mass is 305 g/mol. The molecule has 2 aromatic heterocycles. The zero-order valence-corrected chi connectivity index (χ0v) is 13.0. The number of hydrogen-bond acceptors (Lipinski definition) is 5. The number of thiophene rings is 2. The number of carbonyl (C=O) groups excluding carboxylic acids is 1. The van der Waals surface area contributed by atoms with Gasteiger partial charge in [-0.1, -0.05) is 0 Å². The van der Waals surface area contributed by atoms with E-state index in [2.05, 4.69) is 29.8 Å². The topological polar surface area (TPSA) is 56.1 Å². The first-order valence-corrected chi connectivity index (χ1v) is 7.85. The smallest absolute Gasteiger partial charge is 0.239 e. The predicted octanol–water partition coefficient (Wildman–Crippen LogP) is 3.06. The van der Waals surface area contributed by atoms with Crippen LogP contribution in [0.2, 0.25) is 0 Å². The summed E-state index contributed by atoms with van der Waals surface area (Å²) in [6.45, 7) is 3.14. The van der Waals surface area contributed by atoms with Crippen LogP contribution in [0.3, 0.4) is 0 Å². The number of anilines is 1. The average molecular weight is 305 g/mol. The number of rotatable bonds is 5. The third kappa shape index (κ3) is 3.67. The van der Waals surface area contributed by atoms with Crippen LogP contribution in [0.25, 0.3) is 0 Å². The lowest BCUT2D eigenvalue weighted by Gasteiger charge is -2.15. The molecule has 0 aliphatic rings. The Morgan fingerprint density at radius 2 is 2.15 bits per heavy atom. The normalized spacial score (nSPS) is 10.5. The second-order valence-corrected chi connectivity index (χ2v) is 6.44. The third-order valence-electron chi connectivity index (χ3n) is 2.83. The molecule has 0 saturated carbocycles. The van der Waals surface area contributed by atoms with Gasteiger partial charge in [0.1, 0.15) is 11.1 Å². The second-order valence-electron chi connectivity index (χ2n) is 4.52. The summed E-state index contributed by atoms with van der Waals surface area (Å²) in [7, 11) is 1.92. The van der Waals surface area contributed by atoms with Crippen molar-refractivity contribution in [1.29, 1.82) is 5.26 Å². The Morgan fingerprint density at radius 1 is 1.40 bits per heavy atom. The fourth-order valence-corrected chi connectivity index (χ4v) is 3.51. The van der Waals surface area contributed by atoms with E-state index in [9.17, 15) is 4.79 Å². The van der Waals surface area contributed by atoms with E-state index in [-0.39, 0.29) is 5.91 Å². The number of nitrogens with one attached hydrogen (secondary N) is 1. The maximum Gasteiger partial charge on any atom is 0.239 e. The fraction of sp³-hybridized carbons (Fsp3) is 0.286. The Kier molecular flexibility index (Phi) is 4.90. The molecule has 104 valence electrons. The van der Waals surface area contributed by atoms with Crippen molar-refractivity contribution in [3.05, 3.63) is 38.9 Å². The van der Waals surface area contributed by atoms with Crippen LogP contribution in [0.15, 0.2) is 22.9 Å². The van der Waals surface area contributed by atoms with Crippen molar-refractivity contribution in [3.8, 4) is 6.07 Å². The third-order valence-corrected chi connectivity index (χ3v) is 4.67. The molecule has 2 rings (SSSR count). The van der Waals surface area contributed by atoms with Crippen molar-refractivity contribution < 1.29 is 4.79 Å². The summed E-state index contributed by atoms with van der Waals surface area (Å²) in [4.78, 5) is 15.2. The predicted molar refractivity (Wildman–Crippen MR) is 83.1 cm³/mol. The summed E-state index contributed by atoms with van der Waals surface area (Å²) < 4.78 is 0. The molecule has 0 aliphatic carbocycles. The number of amides is 1. The highest BCUT2D eigenvalue weighted by Crippen LogP contribution is 2.22. The van der Waals surface area contributed by atoms with Crippen LogP contribution >= 0.6 is 22.7 Å². The van der Waals surface area contributed by atoms with Crippen molar-refractivity contribution in [3.63, 3.8) is 0 Å². The summed E-state index contributed by atoms with van der Waals surface area (Å²) in [5, 5.41) is 16.2. The van der Waals surface area contributed by atoms with Crippen LogP contribution in [0.5, 0.6) is 0 Å². The first kappa shape index (κ1) is 14.7. The molecule has 2 aromatic rings. The van der Waals surface area contributed by atoms with Gasteiger partial charge in [-0.2, -0.15) is 5.26 Å². The van der Waals surface area contributed by atoms with E-state index in [1.165, 1.54) is 21.8 Å². The second kappa shape index (κ2) is 6.66. The molecule has 1 N–H and O–H groups in total. The number of hydrogen-bond donors (Lipinski definition) is 1. The van der Waals surface area contributed by atoms with Gasteiger partial charge in [0.05, 0.1) is 12.1 Å². The molecular formula is C14H15N3OS2. The summed E-state index contributed by atoms with van der Waals surface area (Å²) in [5.74, 6) is -0.0966.